The number of aliphatic hydroxyl groups excluding tert-OH is 1. The van der Waals surface area contributed by atoms with Gasteiger partial charge in [0.1, 0.15) is 0 Å². The van der Waals surface area contributed by atoms with Crippen molar-refractivity contribution in [3.63, 3.8) is 0 Å². The molecule has 3 N–H and O–H groups in total. The van der Waals surface area contributed by atoms with Crippen LogP contribution < -0.4 is 10.6 Å². The first-order chi connectivity index (χ1) is 18.3. The van der Waals surface area contributed by atoms with Gasteiger partial charge in [0, 0.05) is 16.6 Å². The van der Waals surface area contributed by atoms with Gasteiger partial charge in [-0.2, -0.15) is 0 Å². The van der Waals surface area contributed by atoms with E-state index in [4.69, 9.17) is 0 Å². The summed E-state index contributed by atoms with van der Waals surface area (Å²) >= 11 is 0. The number of hydrogen-bond donors (Lipinski definition) is 3. The highest BCUT2D eigenvalue weighted by Gasteiger charge is 2.23. The maximum atomic E-state index is 13.4. The Morgan fingerprint density at radius 2 is 1.28 bits per heavy atom. The van der Waals surface area contributed by atoms with Gasteiger partial charge in [-0.05, 0) is 99.5 Å². The Morgan fingerprint density at radius 1 is 0.718 bits per heavy atom. The molecule has 0 radical (unpaired) electrons. The number of hydrogen-bond acceptors (Lipinski definition) is 3. The summed E-state index contributed by atoms with van der Waals surface area (Å²) in [7, 11) is 0. The van der Waals surface area contributed by atoms with E-state index < -0.39 is 6.10 Å². The molecule has 5 nitrogen and oxygen atoms in total. The maximum absolute atomic E-state index is 13.4. The third-order valence-electron chi connectivity index (χ3n) is 6.64. The molecule has 0 spiro atoms. The van der Waals surface area contributed by atoms with Crippen molar-refractivity contribution in [2.24, 2.45) is 0 Å². The Hall–Kier alpha value is -3.70. The van der Waals surface area contributed by atoms with E-state index in [-0.39, 0.29) is 22.9 Å². The van der Waals surface area contributed by atoms with Gasteiger partial charge in [-0.1, -0.05) is 66.7 Å². The maximum Gasteiger partial charge on any atom is 0.252 e. The van der Waals surface area contributed by atoms with Gasteiger partial charge in [-0.25, -0.2) is 0 Å². The zero-order valence-corrected chi connectivity index (χ0v) is 23.9. The van der Waals surface area contributed by atoms with Gasteiger partial charge in [-0.3, -0.25) is 9.59 Å². The summed E-state index contributed by atoms with van der Waals surface area (Å²) in [6, 6.07) is 23.8. The summed E-state index contributed by atoms with van der Waals surface area (Å²) in [5.41, 5.74) is 2.21. The second kappa shape index (κ2) is 11.2. The van der Waals surface area contributed by atoms with Crippen LogP contribution in [0.2, 0.25) is 0 Å². The van der Waals surface area contributed by atoms with Crippen LogP contribution in [0.4, 0.5) is 0 Å². The molecule has 0 saturated heterocycles. The Morgan fingerprint density at radius 3 is 1.92 bits per heavy atom. The van der Waals surface area contributed by atoms with E-state index in [1.165, 1.54) is 0 Å². The molecule has 5 heteroatoms. The highest BCUT2D eigenvalue weighted by molar-refractivity contribution is 6.08. The van der Waals surface area contributed by atoms with E-state index in [2.05, 4.69) is 16.7 Å². The molecule has 4 aromatic carbocycles. The number of aliphatic hydroxyl groups is 1. The molecule has 204 valence electrons. The van der Waals surface area contributed by atoms with Crippen molar-refractivity contribution in [3.05, 3.63) is 95.1 Å². The lowest BCUT2D eigenvalue weighted by Gasteiger charge is -2.23. The Labute approximate surface area is 231 Å². The van der Waals surface area contributed by atoms with E-state index >= 15 is 0 Å². The number of amides is 2. The highest BCUT2D eigenvalue weighted by Crippen LogP contribution is 2.27. The van der Waals surface area contributed by atoms with E-state index in [1.54, 1.807) is 0 Å². The molecule has 0 aliphatic heterocycles. The van der Waals surface area contributed by atoms with Crippen molar-refractivity contribution >= 4 is 33.4 Å². The van der Waals surface area contributed by atoms with Crippen LogP contribution in [0.5, 0.6) is 0 Å². The highest BCUT2D eigenvalue weighted by atomic mass is 16.3. The van der Waals surface area contributed by atoms with Crippen LogP contribution in [0.25, 0.3) is 21.5 Å². The fourth-order valence-corrected chi connectivity index (χ4v) is 4.95. The average Bonchev–Trinajstić information content (AvgIpc) is 2.84. The van der Waals surface area contributed by atoms with E-state index in [0.29, 0.717) is 30.4 Å². The number of rotatable bonds is 7. The van der Waals surface area contributed by atoms with Gasteiger partial charge in [0.05, 0.1) is 11.7 Å². The summed E-state index contributed by atoms with van der Waals surface area (Å²) < 4.78 is 0. The van der Waals surface area contributed by atoms with Crippen LogP contribution >= 0.6 is 0 Å². The molecular formula is C34H40N2O3. The van der Waals surface area contributed by atoms with Gasteiger partial charge in [0.2, 0.25) is 0 Å². The lowest BCUT2D eigenvalue weighted by Crippen LogP contribution is -2.41. The smallest absolute Gasteiger partial charge is 0.252 e. The molecule has 0 saturated carbocycles. The Bertz CT molecular complexity index is 1510. The second-order valence-corrected chi connectivity index (χ2v) is 12.5. The predicted molar refractivity (Wildman–Crippen MR) is 160 cm³/mol. The molecule has 4 rings (SSSR count). The monoisotopic (exact) mass is 524 g/mol. The minimum absolute atomic E-state index is 0.117. The van der Waals surface area contributed by atoms with Crippen LogP contribution in [-0.2, 0) is 12.8 Å². The fourth-order valence-electron chi connectivity index (χ4n) is 4.95. The molecule has 4 aromatic rings. The van der Waals surface area contributed by atoms with Gasteiger partial charge >= 0.3 is 0 Å². The average molecular weight is 525 g/mol. The van der Waals surface area contributed by atoms with Crippen molar-refractivity contribution in [2.75, 3.05) is 0 Å². The third kappa shape index (κ3) is 7.24. The van der Waals surface area contributed by atoms with Crippen molar-refractivity contribution < 1.29 is 14.7 Å². The fraction of sp³-hybridized carbons (Fsp3) is 0.353. The van der Waals surface area contributed by atoms with Gasteiger partial charge in [0.15, 0.2) is 0 Å². The minimum Gasteiger partial charge on any atom is -0.393 e. The molecule has 0 fully saturated rings. The Balaban J connectivity index is 1.60. The topological polar surface area (TPSA) is 78.4 Å². The van der Waals surface area contributed by atoms with Crippen molar-refractivity contribution in [1.29, 1.82) is 0 Å². The number of fused-ring (bicyclic) bond motifs is 2. The Kier molecular flexibility index (Phi) is 8.12. The molecular weight excluding hydrogens is 484 g/mol. The zero-order chi connectivity index (χ0) is 28.4. The summed E-state index contributed by atoms with van der Waals surface area (Å²) in [6.07, 6.45) is 0.656. The molecule has 1 unspecified atom stereocenters. The van der Waals surface area contributed by atoms with Crippen LogP contribution in [0, 0.1) is 0 Å². The first kappa shape index (κ1) is 28.3. The lowest BCUT2D eigenvalue weighted by molar-refractivity contribution is 0.0908. The number of nitrogens with one attached hydrogen (secondary N) is 2. The molecule has 0 heterocycles. The normalized spacial score (nSPS) is 12.9. The summed E-state index contributed by atoms with van der Waals surface area (Å²) in [5.74, 6) is -0.259. The third-order valence-corrected chi connectivity index (χ3v) is 6.64. The van der Waals surface area contributed by atoms with Crippen LogP contribution in [0.3, 0.4) is 0 Å². The zero-order valence-electron chi connectivity index (χ0n) is 23.9. The number of carbonyl (C=O) groups is 2. The largest absolute Gasteiger partial charge is 0.393 e. The molecule has 0 aromatic heterocycles. The molecule has 0 aliphatic carbocycles. The SMILES string of the molecule is CC(C)(C)NC(=O)c1cc2ccccc2cc1CCC(O)Cc1ccc2ccccc2c1C(=O)NC(C)(C)C. The quantitative estimate of drug-likeness (QED) is 0.255. The van der Waals surface area contributed by atoms with Crippen molar-refractivity contribution in [3.8, 4) is 0 Å². The second-order valence-electron chi connectivity index (χ2n) is 12.5. The number of carbonyl (C=O) groups excluding carboxylic acids is 2. The summed E-state index contributed by atoms with van der Waals surface area (Å²) in [5, 5.41) is 21.3. The van der Waals surface area contributed by atoms with Gasteiger partial charge in [0.25, 0.3) is 11.8 Å². The van der Waals surface area contributed by atoms with Gasteiger partial charge in [-0.15, -0.1) is 0 Å². The van der Waals surface area contributed by atoms with Crippen molar-refractivity contribution in [2.45, 2.75) is 78.0 Å². The van der Waals surface area contributed by atoms with E-state index in [0.717, 1.165) is 32.7 Å². The van der Waals surface area contributed by atoms with E-state index in [1.807, 2.05) is 108 Å². The molecule has 39 heavy (non-hydrogen) atoms. The lowest BCUT2D eigenvalue weighted by atomic mass is 9.91. The van der Waals surface area contributed by atoms with Crippen molar-refractivity contribution in [1.82, 2.24) is 10.6 Å². The number of aryl methyl sites for hydroxylation is 1. The van der Waals surface area contributed by atoms with Crippen LogP contribution in [0.1, 0.15) is 79.8 Å². The molecule has 0 bridgehead atoms. The molecule has 2 amide bonds. The first-order valence-electron chi connectivity index (χ1n) is 13.7. The van der Waals surface area contributed by atoms with E-state index in [9.17, 15) is 14.7 Å². The van der Waals surface area contributed by atoms with Gasteiger partial charge < -0.3 is 15.7 Å². The number of benzene rings is 4. The summed E-state index contributed by atoms with van der Waals surface area (Å²) in [4.78, 5) is 26.6. The first-order valence-corrected chi connectivity index (χ1v) is 13.7. The minimum atomic E-state index is -0.683. The summed E-state index contributed by atoms with van der Waals surface area (Å²) in [6.45, 7) is 11.8. The van der Waals surface area contributed by atoms with Crippen LogP contribution in [-0.4, -0.2) is 34.1 Å². The van der Waals surface area contributed by atoms with Crippen LogP contribution in [0.15, 0.2) is 72.8 Å². The standard InChI is InChI=1S/C34H40N2O3/c1-33(2,3)35-31(38)29-21-24-13-8-7-12-23(24)19-25(29)17-18-27(37)20-26-16-15-22-11-9-10-14-28(22)30(26)32(39)36-34(4,5)6/h7-16,19,21,27,37H,17-18,20H2,1-6H3,(H,35,38)(H,36,39). The molecule has 1 atom stereocenters. The molecule has 0 aliphatic rings. The predicted octanol–water partition coefficient (Wildman–Crippen LogP) is 6.59.